The standard InChI is InChI=1S/C24H27F2N3O7/c1-4-5-8-36-20-18-22(32)29(34-3)23(33-2)24(12-35-13-24)28(18)11-16(19(20)30)21(31)27-10-14-6-7-15(25)9-17(14)26/h6-7,9,11,23H,4-5,8,10,12-13H2,1-3H3,(H,27,31). The first kappa shape index (κ1) is 25.7. The van der Waals surface area contributed by atoms with Crippen LogP contribution in [0.5, 0.6) is 5.75 Å². The highest BCUT2D eigenvalue weighted by atomic mass is 19.1. The van der Waals surface area contributed by atoms with Gasteiger partial charge < -0.3 is 24.1 Å². The van der Waals surface area contributed by atoms with Crippen molar-refractivity contribution in [3.05, 3.63) is 63.1 Å². The Morgan fingerprint density at radius 2 is 2.00 bits per heavy atom. The van der Waals surface area contributed by atoms with E-state index in [0.717, 1.165) is 17.6 Å². The van der Waals surface area contributed by atoms with E-state index in [4.69, 9.17) is 19.0 Å². The fraction of sp³-hybridized carbons (Fsp3) is 0.458. The van der Waals surface area contributed by atoms with E-state index in [1.54, 1.807) is 0 Å². The highest BCUT2D eigenvalue weighted by molar-refractivity contribution is 5.99. The fourth-order valence-electron chi connectivity index (χ4n) is 4.33. The van der Waals surface area contributed by atoms with Crippen LogP contribution in [0.2, 0.25) is 0 Å². The lowest BCUT2D eigenvalue weighted by Gasteiger charge is -2.53. The van der Waals surface area contributed by atoms with Gasteiger partial charge in [-0.1, -0.05) is 19.4 Å². The van der Waals surface area contributed by atoms with Gasteiger partial charge in [-0.05, 0) is 12.5 Å². The van der Waals surface area contributed by atoms with Crippen LogP contribution in [0, 0.1) is 11.6 Å². The molecule has 4 rings (SSSR count). The first-order valence-corrected chi connectivity index (χ1v) is 11.4. The van der Waals surface area contributed by atoms with Crippen molar-refractivity contribution in [2.45, 2.75) is 38.1 Å². The van der Waals surface area contributed by atoms with Gasteiger partial charge in [-0.25, -0.2) is 8.78 Å². The van der Waals surface area contributed by atoms with E-state index in [1.165, 1.54) is 31.0 Å². The van der Waals surface area contributed by atoms with Gasteiger partial charge in [-0.3, -0.25) is 19.2 Å². The van der Waals surface area contributed by atoms with Gasteiger partial charge in [-0.2, -0.15) is 5.06 Å². The van der Waals surface area contributed by atoms with Gasteiger partial charge in [-0.15, -0.1) is 0 Å². The lowest BCUT2D eigenvalue weighted by atomic mass is 9.90. The summed E-state index contributed by atoms with van der Waals surface area (Å²) < 4.78 is 45.5. The predicted octanol–water partition coefficient (Wildman–Crippen LogP) is 1.95. The van der Waals surface area contributed by atoms with Crippen molar-refractivity contribution in [3.8, 4) is 5.75 Å². The molecule has 2 aliphatic heterocycles. The Bertz CT molecular complexity index is 1230. The zero-order valence-corrected chi connectivity index (χ0v) is 20.1. The summed E-state index contributed by atoms with van der Waals surface area (Å²) in [5.74, 6) is -3.37. The van der Waals surface area contributed by atoms with Crippen molar-refractivity contribution in [3.63, 3.8) is 0 Å². The molecule has 0 radical (unpaired) electrons. The number of hydrogen-bond acceptors (Lipinski definition) is 7. The first-order chi connectivity index (χ1) is 17.3. The van der Waals surface area contributed by atoms with Gasteiger partial charge in [0, 0.05) is 31.5 Å². The van der Waals surface area contributed by atoms with Crippen LogP contribution in [0.4, 0.5) is 8.78 Å². The number of rotatable bonds is 9. The smallest absolute Gasteiger partial charge is 0.300 e. The number of nitrogens with one attached hydrogen (secondary N) is 1. The third kappa shape index (κ3) is 4.25. The number of hydroxylamine groups is 2. The molecular weight excluding hydrogens is 480 g/mol. The second-order valence-electron chi connectivity index (χ2n) is 8.54. The van der Waals surface area contributed by atoms with Crippen LogP contribution >= 0.6 is 0 Å². The number of fused-ring (bicyclic) bond motifs is 2. The van der Waals surface area contributed by atoms with E-state index in [-0.39, 0.29) is 48.9 Å². The minimum absolute atomic E-state index is 0.0384. The molecule has 0 aliphatic carbocycles. The summed E-state index contributed by atoms with van der Waals surface area (Å²) in [4.78, 5) is 45.2. The number of unbranched alkanes of at least 4 members (excludes halogenated alkanes) is 1. The number of halogens is 2. The third-order valence-corrected chi connectivity index (χ3v) is 6.29. The molecular formula is C24H27F2N3O7. The molecule has 1 N–H and O–H groups in total. The van der Waals surface area contributed by atoms with Crippen molar-refractivity contribution in [2.24, 2.45) is 0 Å². The number of amides is 2. The number of nitrogens with zero attached hydrogens (tertiary/aromatic N) is 2. The van der Waals surface area contributed by atoms with Crippen molar-refractivity contribution in [1.29, 1.82) is 0 Å². The SMILES string of the molecule is CCCCOc1c2n(cc(C(=O)NCc3ccc(F)cc3F)c1=O)C1(COC1)C(OC)N(OC)C2=O. The Balaban J connectivity index is 1.79. The van der Waals surface area contributed by atoms with Gasteiger partial charge in [0.05, 0.1) is 26.9 Å². The second-order valence-corrected chi connectivity index (χ2v) is 8.54. The molecule has 0 saturated carbocycles. The Morgan fingerprint density at radius 1 is 1.25 bits per heavy atom. The highest BCUT2D eigenvalue weighted by Crippen LogP contribution is 2.41. The molecule has 36 heavy (non-hydrogen) atoms. The molecule has 10 nitrogen and oxygen atoms in total. The molecule has 1 aromatic carbocycles. The van der Waals surface area contributed by atoms with Crippen LogP contribution in [0.25, 0.3) is 0 Å². The summed E-state index contributed by atoms with van der Waals surface area (Å²) in [6.45, 7) is 2.02. The Hall–Kier alpha value is -3.35. The number of aromatic nitrogens is 1. The molecule has 1 unspecified atom stereocenters. The number of ether oxygens (including phenoxy) is 3. The van der Waals surface area contributed by atoms with Gasteiger partial charge in [0.1, 0.15) is 22.7 Å². The van der Waals surface area contributed by atoms with Crippen LogP contribution in [0.15, 0.2) is 29.2 Å². The first-order valence-electron chi connectivity index (χ1n) is 11.4. The molecule has 2 aliphatic rings. The van der Waals surface area contributed by atoms with E-state index in [1.807, 2.05) is 6.92 Å². The maximum absolute atomic E-state index is 14.0. The number of carbonyl (C=O) groups excluding carboxylic acids is 2. The number of methoxy groups -OCH3 is 1. The van der Waals surface area contributed by atoms with Crippen molar-refractivity contribution < 1.29 is 37.4 Å². The highest BCUT2D eigenvalue weighted by Gasteiger charge is 2.58. The van der Waals surface area contributed by atoms with E-state index in [0.29, 0.717) is 12.5 Å². The number of pyridine rings is 1. The van der Waals surface area contributed by atoms with E-state index in [9.17, 15) is 23.2 Å². The maximum Gasteiger partial charge on any atom is 0.300 e. The number of hydrogen-bond donors (Lipinski definition) is 1. The normalized spacial score (nSPS) is 18.1. The van der Waals surface area contributed by atoms with Crippen molar-refractivity contribution >= 4 is 11.8 Å². The van der Waals surface area contributed by atoms with Crippen LogP contribution in [-0.2, 0) is 26.4 Å². The quantitative estimate of drug-likeness (QED) is 0.517. The fourth-order valence-corrected chi connectivity index (χ4v) is 4.33. The van der Waals surface area contributed by atoms with E-state index < -0.39 is 40.6 Å². The minimum atomic E-state index is -0.983. The summed E-state index contributed by atoms with van der Waals surface area (Å²) in [6.07, 6.45) is 1.73. The molecule has 0 bridgehead atoms. The van der Waals surface area contributed by atoms with Gasteiger partial charge in [0.2, 0.25) is 5.43 Å². The van der Waals surface area contributed by atoms with E-state index in [2.05, 4.69) is 5.32 Å². The number of benzene rings is 1. The van der Waals surface area contributed by atoms with E-state index >= 15 is 0 Å². The molecule has 1 fully saturated rings. The molecule has 3 heterocycles. The van der Waals surface area contributed by atoms with Crippen LogP contribution in [-0.4, -0.2) is 61.7 Å². The minimum Gasteiger partial charge on any atom is -0.487 e. The summed E-state index contributed by atoms with van der Waals surface area (Å²) in [5, 5.41) is 3.50. The average molecular weight is 507 g/mol. The third-order valence-electron chi connectivity index (χ3n) is 6.29. The summed E-state index contributed by atoms with van der Waals surface area (Å²) in [6, 6.07) is 2.97. The average Bonchev–Trinajstić information content (AvgIpc) is 2.83. The lowest BCUT2D eigenvalue weighted by Crippen LogP contribution is -2.70. The Labute approximate surface area is 205 Å². The lowest BCUT2D eigenvalue weighted by molar-refractivity contribution is -0.283. The predicted molar refractivity (Wildman–Crippen MR) is 121 cm³/mol. The van der Waals surface area contributed by atoms with Crippen LogP contribution in [0.1, 0.15) is 46.2 Å². The topological polar surface area (TPSA) is 108 Å². The second kappa shape index (κ2) is 10.3. The molecule has 1 spiro atoms. The van der Waals surface area contributed by atoms with Gasteiger partial charge in [0.15, 0.2) is 17.7 Å². The van der Waals surface area contributed by atoms with Crippen LogP contribution in [0.3, 0.4) is 0 Å². The number of carbonyl (C=O) groups is 2. The van der Waals surface area contributed by atoms with Gasteiger partial charge in [0.25, 0.3) is 5.91 Å². The molecule has 1 aromatic heterocycles. The molecule has 12 heteroatoms. The zero-order valence-electron chi connectivity index (χ0n) is 20.1. The Kier molecular flexibility index (Phi) is 7.38. The molecule has 194 valence electrons. The summed E-state index contributed by atoms with van der Waals surface area (Å²) in [5.41, 5.74) is -2.15. The zero-order chi connectivity index (χ0) is 26.0. The Morgan fingerprint density at radius 3 is 2.58 bits per heavy atom. The molecule has 2 aromatic rings. The van der Waals surface area contributed by atoms with Crippen LogP contribution < -0.4 is 15.5 Å². The van der Waals surface area contributed by atoms with Crippen molar-refractivity contribution in [1.82, 2.24) is 14.9 Å². The molecule has 2 amide bonds. The maximum atomic E-state index is 14.0. The summed E-state index contributed by atoms with van der Waals surface area (Å²) >= 11 is 0. The van der Waals surface area contributed by atoms with Crippen molar-refractivity contribution in [2.75, 3.05) is 34.0 Å². The largest absolute Gasteiger partial charge is 0.487 e. The molecule has 1 atom stereocenters. The molecule has 1 saturated heterocycles. The summed E-state index contributed by atoms with van der Waals surface area (Å²) in [7, 11) is 2.71. The monoisotopic (exact) mass is 507 g/mol. The van der Waals surface area contributed by atoms with Gasteiger partial charge >= 0.3 is 5.91 Å².